The van der Waals surface area contributed by atoms with Gasteiger partial charge in [0, 0.05) is 18.9 Å². The molecule has 34 heavy (non-hydrogen) atoms. The molecule has 0 heterocycles. The quantitative estimate of drug-likeness (QED) is 0.326. The number of fused-ring (bicyclic) bond motifs is 1. The van der Waals surface area contributed by atoms with Crippen LogP contribution < -0.4 is 0 Å². The van der Waals surface area contributed by atoms with Gasteiger partial charge < -0.3 is 19.7 Å². The maximum Gasteiger partial charge on any atom is 0.330 e. The number of rotatable bonds is 7. The van der Waals surface area contributed by atoms with Gasteiger partial charge in [-0.15, -0.1) is 0 Å². The number of hydrogen-bond donors (Lipinski definition) is 2. The first kappa shape index (κ1) is 27.8. The predicted octanol–water partition coefficient (Wildman–Crippen LogP) is 4.30. The van der Waals surface area contributed by atoms with Gasteiger partial charge in [0.1, 0.15) is 12.7 Å². The van der Waals surface area contributed by atoms with Crippen LogP contribution in [0.1, 0.15) is 48.0 Å². The molecule has 1 fully saturated rings. The molecule has 0 bridgehead atoms. The smallest absolute Gasteiger partial charge is 0.330 e. The minimum Gasteiger partial charge on any atom is -0.466 e. The first-order chi connectivity index (χ1) is 15.9. The fourth-order valence-corrected chi connectivity index (χ4v) is 5.43. The summed E-state index contributed by atoms with van der Waals surface area (Å²) >= 11 is 0. The highest BCUT2D eigenvalue weighted by atomic mass is 16.5. The minimum absolute atomic E-state index is 0.0206. The van der Waals surface area contributed by atoms with Crippen molar-refractivity contribution in [3.8, 4) is 0 Å². The number of carbonyl (C=O) groups excluding carboxylic acids is 2. The van der Waals surface area contributed by atoms with E-state index in [1.165, 1.54) is 20.1 Å². The molecule has 0 radical (unpaired) electrons. The molecule has 0 amide bonds. The van der Waals surface area contributed by atoms with Crippen LogP contribution in [0, 0.1) is 29.6 Å². The van der Waals surface area contributed by atoms with Gasteiger partial charge in [0.05, 0.1) is 13.2 Å². The van der Waals surface area contributed by atoms with Crippen LogP contribution in [0.5, 0.6) is 0 Å². The topological polar surface area (TPSA) is 93.1 Å². The lowest BCUT2D eigenvalue weighted by Crippen LogP contribution is -2.46. The van der Waals surface area contributed by atoms with Crippen molar-refractivity contribution in [2.75, 3.05) is 13.7 Å². The number of allylic oxidation sites excluding steroid dienone is 8. The lowest BCUT2D eigenvalue weighted by Gasteiger charge is -2.48. The average molecular weight is 473 g/mol. The molecule has 0 saturated heterocycles. The Morgan fingerprint density at radius 3 is 2.47 bits per heavy atom. The number of ether oxygens (including phenoxy) is 2. The summed E-state index contributed by atoms with van der Waals surface area (Å²) in [5.41, 5.74) is 4.01. The van der Waals surface area contributed by atoms with Crippen molar-refractivity contribution in [1.82, 2.24) is 0 Å². The molecule has 2 rings (SSSR count). The van der Waals surface area contributed by atoms with E-state index in [2.05, 4.69) is 37.7 Å². The Bertz CT molecular complexity index is 906. The van der Waals surface area contributed by atoms with Crippen molar-refractivity contribution >= 4 is 11.9 Å². The van der Waals surface area contributed by atoms with Gasteiger partial charge in [-0.25, -0.2) is 4.79 Å². The van der Waals surface area contributed by atoms with Crippen LogP contribution in [-0.4, -0.2) is 48.1 Å². The molecule has 6 nitrogen and oxygen atoms in total. The van der Waals surface area contributed by atoms with Crippen molar-refractivity contribution < 1.29 is 29.3 Å². The number of esters is 2. The zero-order valence-corrected chi connectivity index (χ0v) is 21.4. The molecule has 0 aromatic carbocycles. The molecule has 0 aromatic heterocycles. The third-order valence-electron chi connectivity index (χ3n) is 6.97. The van der Waals surface area contributed by atoms with Gasteiger partial charge in [-0.05, 0) is 62.5 Å². The second-order valence-electron chi connectivity index (χ2n) is 9.83. The predicted molar refractivity (Wildman–Crippen MR) is 133 cm³/mol. The van der Waals surface area contributed by atoms with Crippen LogP contribution in [0.25, 0.3) is 0 Å². The summed E-state index contributed by atoms with van der Waals surface area (Å²) < 4.78 is 9.65. The average Bonchev–Trinajstić information content (AvgIpc) is 2.76. The summed E-state index contributed by atoms with van der Waals surface area (Å²) in [6, 6.07) is 0. The number of hydrogen-bond acceptors (Lipinski definition) is 6. The van der Waals surface area contributed by atoms with Gasteiger partial charge in [0.25, 0.3) is 0 Å². The van der Waals surface area contributed by atoms with E-state index in [0.29, 0.717) is 5.92 Å². The van der Waals surface area contributed by atoms with Gasteiger partial charge in [0.2, 0.25) is 0 Å². The summed E-state index contributed by atoms with van der Waals surface area (Å²) in [4.78, 5) is 22.6. The van der Waals surface area contributed by atoms with E-state index in [4.69, 9.17) is 4.74 Å². The summed E-state index contributed by atoms with van der Waals surface area (Å²) in [7, 11) is 1.34. The fourth-order valence-electron chi connectivity index (χ4n) is 5.43. The number of aliphatic hydroxyl groups is 2. The van der Waals surface area contributed by atoms with E-state index in [1.807, 2.05) is 19.9 Å². The SMILES string of the molecule is COC(=O)/C=C/C(C)=C/C(C)=C/[C@@H]1/C(=C/[C@@H](O)COC(C)=O)C(C)=C[C@H]2C[C@H](C)[C@@H](O)[C@H](C)[C@@H]12. The zero-order valence-electron chi connectivity index (χ0n) is 21.4. The molecule has 0 unspecified atom stereocenters. The number of methoxy groups -OCH3 is 1. The van der Waals surface area contributed by atoms with Gasteiger partial charge >= 0.3 is 11.9 Å². The Labute approximate surface area is 203 Å². The van der Waals surface area contributed by atoms with E-state index in [0.717, 1.165) is 28.7 Å². The third kappa shape index (κ3) is 7.28. The van der Waals surface area contributed by atoms with Crippen LogP contribution in [0.15, 0.2) is 58.7 Å². The highest BCUT2D eigenvalue weighted by Gasteiger charge is 2.45. The maximum atomic E-state index is 11.4. The molecule has 6 heteroatoms. The van der Waals surface area contributed by atoms with Gasteiger partial charge in [-0.1, -0.05) is 54.9 Å². The van der Waals surface area contributed by atoms with Crippen molar-refractivity contribution in [3.05, 3.63) is 58.7 Å². The Balaban J connectivity index is 2.48. The lowest BCUT2D eigenvalue weighted by molar-refractivity contribution is -0.143. The lowest BCUT2D eigenvalue weighted by atomic mass is 9.57. The van der Waals surface area contributed by atoms with E-state index in [-0.39, 0.29) is 30.3 Å². The molecular weight excluding hydrogens is 432 g/mol. The highest BCUT2D eigenvalue weighted by Crippen LogP contribution is 2.50. The molecule has 0 aromatic rings. The standard InChI is InChI=1S/C28H40O6/c1-16(8-9-26(31)33-7)10-17(2)11-25-24(14-23(30)15-34-21(6)29)18(3)12-22-13-19(4)28(32)20(5)27(22)25/h8-12,14,19-20,22-23,25,27-28,30,32H,13,15H2,1-7H3/b9-8+,16-10+,17-11+,24-14+/t19-,20+,22-,23+,25+,27+,28+/m0/s1. The zero-order chi connectivity index (χ0) is 25.6. The maximum absolute atomic E-state index is 11.4. The Morgan fingerprint density at radius 2 is 1.85 bits per heavy atom. The van der Waals surface area contributed by atoms with Crippen LogP contribution >= 0.6 is 0 Å². The Hall–Kier alpha value is -2.44. The normalized spacial score (nSPS) is 32.3. The van der Waals surface area contributed by atoms with Crippen LogP contribution in [0.3, 0.4) is 0 Å². The molecule has 0 spiro atoms. The van der Waals surface area contributed by atoms with Crippen molar-refractivity contribution in [1.29, 1.82) is 0 Å². The summed E-state index contributed by atoms with van der Waals surface area (Å²) in [5, 5.41) is 21.4. The van der Waals surface area contributed by atoms with Crippen molar-refractivity contribution in [3.63, 3.8) is 0 Å². The number of carbonyl (C=O) groups is 2. The van der Waals surface area contributed by atoms with Crippen LogP contribution in [0.4, 0.5) is 0 Å². The second kappa shape index (κ2) is 12.3. The molecule has 2 N–H and O–H groups in total. The summed E-state index contributed by atoms with van der Waals surface area (Å²) in [6.45, 7) is 11.4. The third-order valence-corrected chi connectivity index (χ3v) is 6.97. The molecule has 1 saturated carbocycles. The number of aliphatic hydroxyl groups excluding tert-OH is 2. The first-order valence-electron chi connectivity index (χ1n) is 12.0. The van der Waals surface area contributed by atoms with Gasteiger partial charge in [-0.3, -0.25) is 4.79 Å². The molecule has 2 aliphatic carbocycles. The molecule has 188 valence electrons. The Morgan fingerprint density at radius 1 is 1.18 bits per heavy atom. The van der Waals surface area contributed by atoms with Crippen molar-refractivity contribution in [2.24, 2.45) is 29.6 Å². The summed E-state index contributed by atoms with van der Waals surface area (Å²) in [5.74, 6) is -0.0588. The van der Waals surface area contributed by atoms with Gasteiger partial charge in [-0.2, -0.15) is 0 Å². The second-order valence-corrected chi connectivity index (χ2v) is 9.83. The van der Waals surface area contributed by atoms with Gasteiger partial charge in [0.15, 0.2) is 0 Å². The van der Waals surface area contributed by atoms with Crippen LogP contribution in [0.2, 0.25) is 0 Å². The first-order valence-corrected chi connectivity index (χ1v) is 12.0. The molecular formula is C28H40O6. The molecule has 0 aliphatic heterocycles. The van der Waals surface area contributed by atoms with E-state index in [1.54, 1.807) is 12.2 Å². The largest absolute Gasteiger partial charge is 0.466 e. The highest BCUT2D eigenvalue weighted by molar-refractivity contribution is 5.82. The van der Waals surface area contributed by atoms with E-state index in [9.17, 15) is 19.8 Å². The minimum atomic E-state index is -0.919. The van der Waals surface area contributed by atoms with E-state index >= 15 is 0 Å². The molecule has 7 atom stereocenters. The fraction of sp³-hybridized carbons (Fsp3) is 0.571. The monoisotopic (exact) mass is 472 g/mol. The van der Waals surface area contributed by atoms with E-state index < -0.39 is 24.1 Å². The summed E-state index contributed by atoms with van der Waals surface area (Å²) in [6.07, 6.45) is 10.9. The van der Waals surface area contributed by atoms with Crippen LogP contribution in [-0.2, 0) is 19.1 Å². The molecule has 2 aliphatic rings. The van der Waals surface area contributed by atoms with Crippen molar-refractivity contribution in [2.45, 2.75) is 60.2 Å². The Kier molecular flexibility index (Phi) is 10.1.